The smallest absolute Gasteiger partial charge is 0.255 e. The highest BCUT2D eigenvalue weighted by molar-refractivity contribution is 6.05. The van der Waals surface area contributed by atoms with Crippen LogP contribution in [0.5, 0.6) is 0 Å². The zero-order chi connectivity index (χ0) is 25.1. The summed E-state index contributed by atoms with van der Waals surface area (Å²) in [4.78, 5) is 52.3. The normalized spacial score (nSPS) is 16.4. The van der Waals surface area contributed by atoms with Crippen molar-refractivity contribution in [2.24, 2.45) is 0 Å². The molecule has 1 aromatic heterocycles. The molecule has 36 heavy (non-hydrogen) atoms. The molecule has 2 aliphatic rings. The lowest BCUT2D eigenvalue weighted by atomic mass is 10.0. The zero-order valence-corrected chi connectivity index (χ0v) is 19.5. The van der Waals surface area contributed by atoms with E-state index in [9.17, 15) is 19.2 Å². The molecule has 9 heteroatoms. The molecule has 0 spiro atoms. The monoisotopic (exact) mass is 486 g/mol. The van der Waals surface area contributed by atoms with E-state index in [1.54, 1.807) is 71.8 Å². The van der Waals surface area contributed by atoms with Gasteiger partial charge in [0.15, 0.2) is 0 Å². The molecule has 2 heterocycles. The Balaban J connectivity index is 1.13. The highest BCUT2D eigenvalue weighted by Gasteiger charge is 2.47. The molecule has 184 valence electrons. The average Bonchev–Trinajstić information content (AvgIpc) is 3.51. The minimum absolute atomic E-state index is 0.0676. The molecule has 2 aromatic carbocycles. The van der Waals surface area contributed by atoms with Gasteiger partial charge in [-0.05, 0) is 54.3 Å². The van der Waals surface area contributed by atoms with Crippen LogP contribution in [0.2, 0.25) is 0 Å². The number of nitrogens with one attached hydrogen (secondary N) is 3. The Kier molecular flexibility index (Phi) is 6.53. The summed E-state index contributed by atoms with van der Waals surface area (Å²) in [5, 5.41) is 8.22. The number of fused-ring (bicyclic) bond motifs is 1. The van der Waals surface area contributed by atoms with Gasteiger partial charge >= 0.3 is 0 Å². The molecule has 5 rings (SSSR count). The summed E-state index contributed by atoms with van der Waals surface area (Å²) in [5.41, 5.74) is 2.43. The molecule has 0 radical (unpaired) electrons. The third-order valence-corrected chi connectivity index (χ3v) is 6.29. The number of carbonyl (C=O) groups is 4. The number of benzene rings is 2. The summed E-state index contributed by atoms with van der Waals surface area (Å²) < 4.78 is 5.21. The molecule has 3 N–H and O–H groups in total. The van der Waals surface area contributed by atoms with Crippen LogP contribution < -0.4 is 16.0 Å². The molecule has 0 bridgehead atoms. The Hall–Kier alpha value is -4.40. The van der Waals surface area contributed by atoms with E-state index in [0.717, 1.165) is 18.4 Å². The number of hydrogen-bond acceptors (Lipinski definition) is 5. The van der Waals surface area contributed by atoms with Crippen molar-refractivity contribution >= 4 is 23.6 Å². The lowest BCUT2D eigenvalue weighted by molar-refractivity contribution is -0.129. The Labute approximate surface area is 207 Å². The van der Waals surface area contributed by atoms with Crippen molar-refractivity contribution in [2.75, 3.05) is 6.54 Å². The van der Waals surface area contributed by atoms with Gasteiger partial charge in [-0.3, -0.25) is 19.2 Å². The van der Waals surface area contributed by atoms with Crippen LogP contribution in [-0.4, -0.2) is 41.1 Å². The lowest BCUT2D eigenvalue weighted by Crippen LogP contribution is -2.43. The molecular formula is C27H26N4O5. The number of hydrogen-bond donors (Lipinski definition) is 3. The molecule has 4 amide bonds. The first-order valence-corrected chi connectivity index (χ1v) is 11.9. The molecule has 1 unspecified atom stereocenters. The van der Waals surface area contributed by atoms with Crippen LogP contribution in [0.3, 0.4) is 0 Å². The number of carbonyl (C=O) groups excluding carboxylic acids is 4. The summed E-state index contributed by atoms with van der Waals surface area (Å²) in [5.74, 6) is -0.471. The van der Waals surface area contributed by atoms with Crippen molar-refractivity contribution < 1.29 is 23.6 Å². The summed E-state index contributed by atoms with van der Waals surface area (Å²) in [6.45, 7) is 0.266. The van der Waals surface area contributed by atoms with Crippen LogP contribution in [-0.2, 0) is 22.7 Å². The summed E-state index contributed by atoms with van der Waals surface area (Å²) in [7, 11) is 0. The fourth-order valence-electron chi connectivity index (χ4n) is 4.37. The standard InChI is InChI=1S/C27H26N4O5/c32-23(28-14-17-5-3-6-18(13-17)25(33)29-15-20-7-4-12-36-20)16-30-26(34)24-21-8-1-2-9-22(21)27(35)31(24)19-10-11-19/h1-9,12-13,19,24H,10-11,14-16H2,(H,28,32)(H,29,33)(H,30,34). The number of nitrogens with zero attached hydrogens (tertiary/aromatic N) is 1. The van der Waals surface area contributed by atoms with E-state index in [-0.39, 0.29) is 49.3 Å². The maximum Gasteiger partial charge on any atom is 0.255 e. The molecule has 1 aliphatic heterocycles. The third-order valence-electron chi connectivity index (χ3n) is 6.29. The Morgan fingerprint density at radius 3 is 2.53 bits per heavy atom. The van der Waals surface area contributed by atoms with Crippen LogP contribution >= 0.6 is 0 Å². The van der Waals surface area contributed by atoms with Gasteiger partial charge in [0.2, 0.25) is 11.8 Å². The van der Waals surface area contributed by atoms with E-state index < -0.39 is 6.04 Å². The van der Waals surface area contributed by atoms with Crippen LogP contribution in [0.1, 0.15) is 56.5 Å². The molecular weight excluding hydrogens is 460 g/mol. The maximum absolute atomic E-state index is 13.0. The van der Waals surface area contributed by atoms with E-state index in [4.69, 9.17) is 4.42 Å². The molecule has 1 fully saturated rings. The van der Waals surface area contributed by atoms with Gasteiger partial charge < -0.3 is 25.3 Å². The second-order valence-electron chi connectivity index (χ2n) is 8.89. The van der Waals surface area contributed by atoms with E-state index in [1.165, 1.54) is 0 Å². The minimum Gasteiger partial charge on any atom is -0.467 e. The fourth-order valence-corrected chi connectivity index (χ4v) is 4.37. The highest BCUT2D eigenvalue weighted by atomic mass is 16.3. The fraction of sp³-hybridized carbons (Fsp3) is 0.259. The molecule has 1 saturated carbocycles. The Bertz CT molecular complexity index is 1300. The van der Waals surface area contributed by atoms with Crippen molar-refractivity contribution in [3.63, 3.8) is 0 Å². The van der Waals surface area contributed by atoms with Gasteiger partial charge in [-0.25, -0.2) is 0 Å². The SMILES string of the molecule is O=C(CNC(=O)C1c2ccccc2C(=O)N1C1CC1)NCc1cccc(C(=O)NCc2ccco2)c1. The zero-order valence-electron chi connectivity index (χ0n) is 19.5. The second-order valence-corrected chi connectivity index (χ2v) is 8.89. The first-order chi connectivity index (χ1) is 17.5. The number of rotatable bonds is 9. The predicted octanol–water partition coefficient (Wildman–Crippen LogP) is 2.30. The molecule has 0 saturated heterocycles. The summed E-state index contributed by atoms with van der Waals surface area (Å²) in [6.07, 6.45) is 3.30. The van der Waals surface area contributed by atoms with Gasteiger partial charge in [0.25, 0.3) is 11.8 Å². The van der Waals surface area contributed by atoms with E-state index in [1.807, 2.05) is 0 Å². The van der Waals surface area contributed by atoms with Crippen LogP contribution in [0.25, 0.3) is 0 Å². The largest absolute Gasteiger partial charge is 0.467 e. The number of furan rings is 1. The van der Waals surface area contributed by atoms with Gasteiger partial charge in [-0.15, -0.1) is 0 Å². The lowest BCUT2D eigenvalue weighted by Gasteiger charge is -2.24. The molecule has 1 aliphatic carbocycles. The molecule has 9 nitrogen and oxygen atoms in total. The van der Waals surface area contributed by atoms with Crippen LogP contribution in [0, 0.1) is 0 Å². The van der Waals surface area contributed by atoms with Crippen LogP contribution in [0.4, 0.5) is 0 Å². The van der Waals surface area contributed by atoms with Gasteiger partial charge in [-0.1, -0.05) is 30.3 Å². The molecule has 3 aromatic rings. The minimum atomic E-state index is -0.717. The van der Waals surface area contributed by atoms with Crippen LogP contribution in [0.15, 0.2) is 71.3 Å². The van der Waals surface area contributed by atoms with Crippen molar-refractivity contribution in [3.05, 3.63) is 94.9 Å². The highest BCUT2D eigenvalue weighted by Crippen LogP contribution is 2.41. The first kappa shape index (κ1) is 23.3. The predicted molar refractivity (Wildman–Crippen MR) is 130 cm³/mol. The van der Waals surface area contributed by atoms with Gasteiger partial charge in [0.1, 0.15) is 11.8 Å². The quantitative estimate of drug-likeness (QED) is 0.429. The Morgan fingerprint density at radius 1 is 0.917 bits per heavy atom. The van der Waals surface area contributed by atoms with Crippen molar-refractivity contribution in [1.29, 1.82) is 0 Å². The van der Waals surface area contributed by atoms with Crippen molar-refractivity contribution in [3.8, 4) is 0 Å². The van der Waals surface area contributed by atoms with Gasteiger partial charge in [0, 0.05) is 23.7 Å². The average molecular weight is 487 g/mol. The number of amides is 4. The first-order valence-electron chi connectivity index (χ1n) is 11.9. The van der Waals surface area contributed by atoms with Crippen molar-refractivity contribution in [1.82, 2.24) is 20.9 Å². The van der Waals surface area contributed by atoms with Gasteiger partial charge in [-0.2, -0.15) is 0 Å². The van der Waals surface area contributed by atoms with Crippen molar-refractivity contribution in [2.45, 2.75) is 38.0 Å². The Morgan fingerprint density at radius 2 is 1.75 bits per heavy atom. The van der Waals surface area contributed by atoms with E-state index in [0.29, 0.717) is 22.5 Å². The van der Waals surface area contributed by atoms with Gasteiger partial charge in [0.05, 0.1) is 19.4 Å². The topological polar surface area (TPSA) is 121 Å². The maximum atomic E-state index is 13.0. The van der Waals surface area contributed by atoms with E-state index >= 15 is 0 Å². The van der Waals surface area contributed by atoms with E-state index in [2.05, 4.69) is 16.0 Å². The summed E-state index contributed by atoms with van der Waals surface area (Å²) >= 11 is 0. The third kappa shape index (κ3) is 5.00. The molecule has 1 atom stereocenters. The second kappa shape index (κ2) is 10.1. The summed E-state index contributed by atoms with van der Waals surface area (Å²) in [6, 6.07) is 16.9.